The molecular weight excluding hydrogens is 390 g/mol. The van der Waals surface area contributed by atoms with Crippen LogP contribution in [0.3, 0.4) is 0 Å². The maximum Gasteiger partial charge on any atom is 0.251 e. The zero-order valence-electron chi connectivity index (χ0n) is 16.0. The van der Waals surface area contributed by atoms with Gasteiger partial charge in [0.05, 0.1) is 6.54 Å². The van der Waals surface area contributed by atoms with Crippen molar-refractivity contribution in [2.45, 2.75) is 17.7 Å². The van der Waals surface area contributed by atoms with Crippen molar-refractivity contribution in [1.29, 1.82) is 0 Å². The van der Waals surface area contributed by atoms with Gasteiger partial charge >= 0.3 is 0 Å². The number of rotatable bonds is 7. The summed E-state index contributed by atoms with van der Waals surface area (Å²) in [7, 11) is 0. The molecule has 0 aliphatic carbocycles. The molecule has 2 aromatic rings. The largest absolute Gasteiger partial charge is 0.457 e. The number of benzene rings is 2. The van der Waals surface area contributed by atoms with Gasteiger partial charge in [-0.15, -0.1) is 0 Å². The van der Waals surface area contributed by atoms with Gasteiger partial charge in [0.15, 0.2) is 0 Å². The van der Waals surface area contributed by atoms with Crippen LogP contribution in [0.4, 0.5) is 0 Å². The number of hydrogen-bond acceptors (Lipinski definition) is 5. The van der Waals surface area contributed by atoms with Gasteiger partial charge in [-0.25, -0.2) is 0 Å². The number of carbonyl (C=O) groups excluding carboxylic acids is 3. The number of nitrogens with zero attached hydrogens (tertiary/aromatic N) is 1. The monoisotopic (exact) mass is 413 g/mol. The molecule has 2 aromatic carbocycles. The molecule has 0 bridgehead atoms. The van der Waals surface area contributed by atoms with Crippen LogP contribution in [0, 0.1) is 0 Å². The average molecular weight is 413 g/mol. The third-order valence-corrected chi connectivity index (χ3v) is 5.75. The molecule has 152 valence electrons. The fourth-order valence-corrected chi connectivity index (χ4v) is 3.86. The summed E-state index contributed by atoms with van der Waals surface area (Å²) >= 11 is 1.60. The zero-order chi connectivity index (χ0) is 20.8. The van der Waals surface area contributed by atoms with Gasteiger partial charge < -0.3 is 20.7 Å². The second kappa shape index (κ2) is 9.47. The number of nitrogens with two attached hydrogens (primary N) is 1. The van der Waals surface area contributed by atoms with Crippen molar-refractivity contribution < 1.29 is 19.1 Å². The standard InChI is InChI=1S/C21H23N3O4S/c1-29-17-11-18(20(22)26)24(13-17)19(25)12-23-21(27)14-7-9-16(10-8-14)28-15-5-3-2-4-6-15/h2-10,17-18H,11-13H2,1H3,(H2,22,26)(H,23,27). The first kappa shape index (κ1) is 20.7. The Kier molecular flexibility index (Phi) is 6.77. The maximum atomic E-state index is 12.5. The molecule has 1 heterocycles. The van der Waals surface area contributed by atoms with Gasteiger partial charge in [0, 0.05) is 17.4 Å². The molecule has 1 aliphatic rings. The van der Waals surface area contributed by atoms with E-state index in [9.17, 15) is 14.4 Å². The first-order valence-electron chi connectivity index (χ1n) is 9.20. The fraction of sp³-hybridized carbons (Fsp3) is 0.286. The Bertz CT molecular complexity index is 873. The highest BCUT2D eigenvalue weighted by atomic mass is 32.2. The highest BCUT2D eigenvalue weighted by Crippen LogP contribution is 2.26. The number of primary amides is 1. The smallest absolute Gasteiger partial charge is 0.251 e. The average Bonchev–Trinajstić information content (AvgIpc) is 3.18. The lowest BCUT2D eigenvalue weighted by molar-refractivity contribution is -0.136. The topological polar surface area (TPSA) is 102 Å². The van der Waals surface area contributed by atoms with Crippen molar-refractivity contribution in [2.24, 2.45) is 5.73 Å². The molecule has 7 nitrogen and oxygen atoms in total. The summed E-state index contributed by atoms with van der Waals surface area (Å²) in [6, 6.07) is 15.3. The highest BCUT2D eigenvalue weighted by molar-refractivity contribution is 7.99. The van der Waals surface area contributed by atoms with Crippen LogP contribution in [0.2, 0.25) is 0 Å². The summed E-state index contributed by atoms with van der Waals surface area (Å²) in [5.41, 5.74) is 5.83. The van der Waals surface area contributed by atoms with E-state index in [1.54, 1.807) is 36.0 Å². The van der Waals surface area contributed by atoms with E-state index in [0.717, 1.165) is 0 Å². The number of nitrogens with one attached hydrogen (secondary N) is 1. The van der Waals surface area contributed by atoms with Crippen LogP contribution in [-0.4, -0.2) is 53.3 Å². The van der Waals surface area contributed by atoms with Crippen LogP contribution in [0.5, 0.6) is 11.5 Å². The molecule has 8 heteroatoms. The number of amides is 3. The minimum Gasteiger partial charge on any atom is -0.457 e. The van der Waals surface area contributed by atoms with Gasteiger partial charge in [0.2, 0.25) is 11.8 Å². The molecule has 0 spiro atoms. The van der Waals surface area contributed by atoms with Crippen molar-refractivity contribution >= 4 is 29.5 Å². The van der Waals surface area contributed by atoms with Crippen molar-refractivity contribution in [3.8, 4) is 11.5 Å². The van der Waals surface area contributed by atoms with Crippen molar-refractivity contribution in [3.63, 3.8) is 0 Å². The third kappa shape index (κ3) is 5.29. The van der Waals surface area contributed by atoms with Gasteiger partial charge in [-0.05, 0) is 49.1 Å². The predicted octanol–water partition coefficient (Wildman–Crippen LogP) is 2.03. The van der Waals surface area contributed by atoms with E-state index in [-0.39, 0.29) is 23.6 Å². The van der Waals surface area contributed by atoms with Crippen LogP contribution in [-0.2, 0) is 9.59 Å². The van der Waals surface area contributed by atoms with Gasteiger partial charge in [0.1, 0.15) is 17.5 Å². The fourth-order valence-electron chi connectivity index (χ4n) is 3.17. The van der Waals surface area contributed by atoms with E-state index in [0.29, 0.717) is 30.0 Å². The summed E-state index contributed by atoms with van der Waals surface area (Å²) in [6.07, 6.45) is 2.47. The quantitative estimate of drug-likeness (QED) is 0.723. The molecule has 0 aromatic heterocycles. The Labute approximate surface area is 173 Å². The second-order valence-electron chi connectivity index (χ2n) is 6.68. The molecule has 2 unspecified atom stereocenters. The summed E-state index contributed by atoms with van der Waals surface area (Å²) in [6.45, 7) is 0.265. The predicted molar refractivity (Wildman–Crippen MR) is 112 cm³/mol. The number of hydrogen-bond donors (Lipinski definition) is 2. The number of ether oxygens (including phenoxy) is 1. The van der Waals surface area contributed by atoms with Gasteiger partial charge in [-0.2, -0.15) is 11.8 Å². The van der Waals surface area contributed by atoms with Crippen molar-refractivity contribution in [3.05, 3.63) is 60.2 Å². The minimum absolute atomic E-state index is 0.171. The van der Waals surface area contributed by atoms with Gasteiger partial charge in [-0.1, -0.05) is 18.2 Å². The molecule has 1 saturated heterocycles. The molecular formula is C21H23N3O4S. The third-order valence-electron chi connectivity index (χ3n) is 4.74. The first-order chi connectivity index (χ1) is 14.0. The number of thioether (sulfide) groups is 1. The van der Waals surface area contributed by atoms with Crippen molar-refractivity contribution in [2.75, 3.05) is 19.3 Å². The molecule has 3 amide bonds. The second-order valence-corrected chi connectivity index (χ2v) is 7.82. The molecule has 29 heavy (non-hydrogen) atoms. The first-order valence-corrected chi connectivity index (χ1v) is 10.5. The Morgan fingerprint density at radius 3 is 2.38 bits per heavy atom. The lowest BCUT2D eigenvalue weighted by atomic mass is 10.2. The summed E-state index contributed by atoms with van der Waals surface area (Å²) in [4.78, 5) is 37.9. The zero-order valence-corrected chi connectivity index (χ0v) is 16.9. The lowest BCUT2D eigenvalue weighted by Gasteiger charge is -2.22. The Balaban J connectivity index is 1.55. The Morgan fingerprint density at radius 2 is 1.76 bits per heavy atom. The lowest BCUT2D eigenvalue weighted by Crippen LogP contribution is -2.47. The number of carbonyl (C=O) groups is 3. The highest BCUT2D eigenvalue weighted by Gasteiger charge is 2.38. The maximum absolute atomic E-state index is 12.5. The molecule has 1 aliphatic heterocycles. The van der Waals surface area contributed by atoms with E-state index < -0.39 is 11.9 Å². The molecule has 0 saturated carbocycles. The number of para-hydroxylation sites is 1. The van der Waals surface area contributed by atoms with Gasteiger partial charge in [0.25, 0.3) is 5.91 Å². The molecule has 3 N–H and O–H groups in total. The SMILES string of the molecule is CSC1CC(C(N)=O)N(C(=O)CNC(=O)c2ccc(Oc3ccccc3)cc2)C1. The Morgan fingerprint density at radius 1 is 1.10 bits per heavy atom. The molecule has 0 radical (unpaired) electrons. The normalized spacial score (nSPS) is 18.3. The number of likely N-dealkylation sites (tertiary alicyclic amines) is 1. The summed E-state index contributed by atoms with van der Waals surface area (Å²) in [5.74, 6) is 0.0978. The molecule has 1 fully saturated rings. The van der Waals surface area contributed by atoms with E-state index in [1.807, 2.05) is 36.6 Å². The molecule has 3 rings (SSSR count). The van der Waals surface area contributed by atoms with E-state index in [2.05, 4.69) is 5.32 Å². The molecule has 2 atom stereocenters. The van der Waals surface area contributed by atoms with Gasteiger partial charge in [-0.3, -0.25) is 14.4 Å². The van der Waals surface area contributed by atoms with E-state index in [1.165, 1.54) is 4.90 Å². The van der Waals surface area contributed by atoms with Crippen molar-refractivity contribution in [1.82, 2.24) is 10.2 Å². The summed E-state index contributed by atoms with van der Waals surface area (Å²) in [5, 5.41) is 2.78. The van der Waals surface area contributed by atoms with E-state index in [4.69, 9.17) is 10.5 Å². The van der Waals surface area contributed by atoms with E-state index >= 15 is 0 Å². The van der Waals surface area contributed by atoms with Crippen LogP contribution < -0.4 is 15.8 Å². The van der Waals surface area contributed by atoms with Crippen LogP contribution >= 0.6 is 11.8 Å². The van der Waals surface area contributed by atoms with Crippen LogP contribution in [0.15, 0.2) is 54.6 Å². The van der Waals surface area contributed by atoms with Crippen LogP contribution in [0.25, 0.3) is 0 Å². The Hall–Kier alpha value is -3.00. The summed E-state index contributed by atoms with van der Waals surface area (Å²) < 4.78 is 5.70. The van der Waals surface area contributed by atoms with Crippen LogP contribution in [0.1, 0.15) is 16.8 Å². The minimum atomic E-state index is -0.619.